The van der Waals surface area contributed by atoms with Crippen LogP contribution in [0, 0.1) is 0 Å². The second-order valence-corrected chi connectivity index (χ2v) is 4.78. The van der Waals surface area contributed by atoms with Gasteiger partial charge in [-0.05, 0) is 44.9 Å². The van der Waals surface area contributed by atoms with Crippen LogP contribution in [0.2, 0.25) is 0 Å². The third kappa shape index (κ3) is 3.26. The van der Waals surface area contributed by atoms with Gasteiger partial charge >= 0.3 is 5.97 Å². The van der Waals surface area contributed by atoms with E-state index < -0.39 is 5.60 Å². The molecule has 0 fully saturated rings. The summed E-state index contributed by atoms with van der Waals surface area (Å²) in [6.45, 7) is 7.55. The Hall–Kier alpha value is -1.51. The molecule has 0 aliphatic heterocycles. The molecule has 0 radical (unpaired) electrons. The summed E-state index contributed by atoms with van der Waals surface area (Å²) in [7, 11) is 0. The van der Waals surface area contributed by atoms with Gasteiger partial charge in [-0.25, -0.2) is 4.79 Å². The minimum absolute atomic E-state index is 0.361. The van der Waals surface area contributed by atoms with Crippen molar-refractivity contribution in [3.05, 3.63) is 29.3 Å². The molecule has 3 nitrogen and oxygen atoms in total. The van der Waals surface area contributed by atoms with Crippen LogP contribution < -0.4 is 5.73 Å². The van der Waals surface area contributed by atoms with Crippen molar-refractivity contribution < 1.29 is 9.53 Å². The van der Waals surface area contributed by atoms with Crippen molar-refractivity contribution in [2.24, 2.45) is 0 Å². The van der Waals surface area contributed by atoms with Gasteiger partial charge in [0.2, 0.25) is 0 Å². The number of hydrogen-bond acceptors (Lipinski definition) is 3. The number of benzene rings is 1. The third-order valence-electron chi connectivity index (χ3n) is 2.14. The maximum absolute atomic E-state index is 11.8. The maximum Gasteiger partial charge on any atom is 0.340 e. The van der Waals surface area contributed by atoms with Crippen molar-refractivity contribution in [3.8, 4) is 0 Å². The van der Waals surface area contributed by atoms with E-state index in [1.165, 1.54) is 0 Å². The molecule has 0 saturated heterocycles. The number of carbonyl (C=O) groups excluding carboxylic acids is 1. The van der Waals surface area contributed by atoms with Gasteiger partial charge in [0.25, 0.3) is 0 Å². The first-order chi connectivity index (χ1) is 7.33. The zero-order valence-corrected chi connectivity index (χ0v) is 10.3. The Morgan fingerprint density at radius 2 is 2.00 bits per heavy atom. The first-order valence-electron chi connectivity index (χ1n) is 5.45. The topological polar surface area (TPSA) is 52.3 Å². The Kier molecular flexibility index (Phi) is 3.58. The highest BCUT2D eigenvalue weighted by molar-refractivity contribution is 5.95. The van der Waals surface area contributed by atoms with Gasteiger partial charge < -0.3 is 10.5 Å². The van der Waals surface area contributed by atoms with E-state index in [1.54, 1.807) is 12.1 Å². The second-order valence-electron chi connectivity index (χ2n) is 4.78. The molecule has 0 aliphatic carbocycles. The molecule has 0 aromatic heterocycles. The van der Waals surface area contributed by atoms with Crippen molar-refractivity contribution in [2.75, 3.05) is 5.73 Å². The minimum atomic E-state index is -0.494. The molecule has 88 valence electrons. The molecule has 0 bridgehead atoms. The standard InChI is InChI=1S/C13H19NO2/c1-5-9-6-7-11(14)10(8-9)12(15)16-13(2,3)4/h6-8H,5,14H2,1-4H3. The smallest absolute Gasteiger partial charge is 0.340 e. The summed E-state index contributed by atoms with van der Waals surface area (Å²) in [5, 5.41) is 0. The molecule has 16 heavy (non-hydrogen) atoms. The highest BCUT2D eigenvalue weighted by atomic mass is 16.6. The van der Waals surface area contributed by atoms with Gasteiger partial charge in [0.05, 0.1) is 5.56 Å². The van der Waals surface area contributed by atoms with Crippen LogP contribution in [0.1, 0.15) is 43.6 Å². The fraction of sp³-hybridized carbons (Fsp3) is 0.462. The molecule has 0 amide bonds. The molecule has 0 unspecified atom stereocenters. The average molecular weight is 221 g/mol. The van der Waals surface area contributed by atoms with E-state index in [-0.39, 0.29) is 5.97 Å². The molecule has 1 aromatic carbocycles. The van der Waals surface area contributed by atoms with E-state index in [0.29, 0.717) is 11.3 Å². The lowest BCUT2D eigenvalue weighted by atomic mass is 10.1. The highest BCUT2D eigenvalue weighted by Crippen LogP contribution is 2.19. The summed E-state index contributed by atoms with van der Waals surface area (Å²) < 4.78 is 5.29. The Bertz CT molecular complexity index is 391. The first kappa shape index (κ1) is 12.6. The van der Waals surface area contributed by atoms with Crippen LogP contribution in [-0.4, -0.2) is 11.6 Å². The highest BCUT2D eigenvalue weighted by Gasteiger charge is 2.19. The predicted molar refractivity (Wildman–Crippen MR) is 65.4 cm³/mol. The number of aryl methyl sites for hydroxylation is 1. The van der Waals surface area contributed by atoms with Crippen LogP contribution in [0.4, 0.5) is 5.69 Å². The number of nitrogens with two attached hydrogens (primary N) is 1. The quantitative estimate of drug-likeness (QED) is 0.617. The number of ether oxygens (including phenoxy) is 1. The molecule has 1 rings (SSSR count). The van der Waals surface area contributed by atoms with Crippen molar-refractivity contribution in [1.82, 2.24) is 0 Å². The second kappa shape index (κ2) is 4.56. The van der Waals surface area contributed by atoms with Crippen LogP contribution in [0.3, 0.4) is 0 Å². The predicted octanol–water partition coefficient (Wildman–Crippen LogP) is 2.79. The Morgan fingerprint density at radius 3 is 2.50 bits per heavy atom. The Balaban J connectivity index is 2.98. The molecule has 0 heterocycles. The van der Waals surface area contributed by atoms with E-state index in [0.717, 1.165) is 12.0 Å². The van der Waals surface area contributed by atoms with E-state index in [4.69, 9.17) is 10.5 Å². The molecular weight excluding hydrogens is 202 g/mol. The normalized spacial score (nSPS) is 11.2. The number of hydrogen-bond donors (Lipinski definition) is 1. The molecule has 0 saturated carbocycles. The summed E-state index contributed by atoms with van der Waals surface area (Å²) in [6, 6.07) is 5.46. The van der Waals surface area contributed by atoms with Crippen molar-refractivity contribution >= 4 is 11.7 Å². The van der Waals surface area contributed by atoms with Crippen molar-refractivity contribution in [3.63, 3.8) is 0 Å². The summed E-state index contributed by atoms with van der Waals surface area (Å²) in [6.07, 6.45) is 0.871. The Labute approximate surface area is 96.6 Å². The molecular formula is C13H19NO2. The molecule has 1 aromatic rings. The molecule has 2 N–H and O–H groups in total. The first-order valence-corrected chi connectivity index (χ1v) is 5.45. The van der Waals surface area contributed by atoms with E-state index in [1.807, 2.05) is 33.8 Å². The lowest BCUT2D eigenvalue weighted by Gasteiger charge is -2.20. The van der Waals surface area contributed by atoms with Gasteiger partial charge in [-0.2, -0.15) is 0 Å². The number of rotatable bonds is 2. The van der Waals surface area contributed by atoms with Crippen molar-refractivity contribution in [2.45, 2.75) is 39.7 Å². The van der Waals surface area contributed by atoms with Crippen LogP contribution in [0.5, 0.6) is 0 Å². The zero-order valence-electron chi connectivity index (χ0n) is 10.3. The van der Waals surface area contributed by atoms with E-state index >= 15 is 0 Å². The van der Waals surface area contributed by atoms with Crippen LogP contribution in [0.15, 0.2) is 18.2 Å². The van der Waals surface area contributed by atoms with Gasteiger partial charge in [0.1, 0.15) is 5.60 Å². The summed E-state index contributed by atoms with van der Waals surface area (Å²) in [5.74, 6) is -0.361. The molecule has 0 spiro atoms. The fourth-order valence-electron chi connectivity index (χ4n) is 1.33. The summed E-state index contributed by atoms with van der Waals surface area (Å²) in [4.78, 5) is 11.8. The summed E-state index contributed by atoms with van der Waals surface area (Å²) >= 11 is 0. The van der Waals surface area contributed by atoms with Crippen molar-refractivity contribution in [1.29, 1.82) is 0 Å². The van der Waals surface area contributed by atoms with Gasteiger partial charge in [0.15, 0.2) is 0 Å². The lowest BCUT2D eigenvalue weighted by Crippen LogP contribution is -2.24. The van der Waals surface area contributed by atoms with Crippen LogP contribution in [-0.2, 0) is 11.2 Å². The monoisotopic (exact) mass is 221 g/mol. The third-order valence-corrected chi connectivity index (χ3v) is 2.14. The minimum Gasteiger partial charge on any atom is -0.456 e. The lowest BCUT2D eigenvalue weighted by molar-refractivity contribution is 0.00707. The fourth-order valence-corrected chi connectivity index (χ4v) is 1.33. The molecule has 0 atom stereocenters. The molecule has 3 heteroatoms. The Morgan fingerprint density at radius 1 is 1.38 bits per heavy atom. The maximum atomic E-state index is 11.8. The van der Waals surface area contributed by atoms with Gasteiger partial charge in [-0.15, -0.1) is 0 Å². The largest absolute Gasteiger partial charge is 0.456 e. The van der Waals surface area contributed by atoms with Gasteiger partial charge in [-0.1, -0.05) is 13.0 Å². The van der Waals surface area contributed by atoms with Gasteiger partial charge in [0, 0.05) is 5.69 Å². The zero-order chi connectivity index (χ0) is 12.3. The number of esters is 1. The SMILES string of the molecule is CCc1ccc(N)c(C(=O)OC(C)(C)C)c1. The number of anilines is 1. The van der Waals surface area contributed by atoms with E-state index in [2.05, 4.69) is 0 Å². The molecule has 0 aliphatic rings. The summed E-state index contributed by atoms with van der Waals surface area (Å²) in [5.41, 5.74) is 7.26. The van der Waals surface area contributed by atoms with Crippen LogP contribution in [0.25, 0.3) is 0 Å². The van der Waals surface area contributed by atoms with E-state index in [9.17, 15) is 4.79 Å². The van der Waals surface area contributed by atoms with Crippen LogP contribution >= 0.6 is 0 Å². The number of carbonyl (C=O) groups is 1. The number of nitrogen functional groups attached to an aromatic ring is 1. The van der Waals surface area contributed by atoms with Gasteiger partial charge in [-0.3, -0.25) is 0 Å². The average Bonchev–Trinajstić information content (AvgIpc) is 2.15.